The SMILES string of the molecule is CCCCCCCCCOc1ccc(-c2ncc(C#N)cn2)c(F)c1F. The second-order valence-corrected chi connectivity index (χ2v) is 6.12. The molecule has 138 valence electrons. The number of benzene rings is 1. The van der Waals surface area contributed by atoms with Crippen LogP contribution in [0.5, 0.6) is 5.75 Å². The van der Waals surface area contributed by atoms with Gasteiger partial charge >= 0.3 is 0 Å². The second kappa shape index (κ2) is 10.4. The van der Waals surface area contributed by atoms with Gasteiger partial charge < -0.3 is 4.74 Å². The molecule has 6 heteroatoms. The van der Waals surface area contributed by atoms with E-state index in [1.54, 1.807) is 0 Å². The molecule has 0 spiro atoms. The molecule has 0 bridgehead atoms. The number of nitrogens with zero attached hydrogens (tertiary/aromatic N) is 3. The summed E-state index contributed by atoms with van der Waals surface area (Å²) in [7, 11) is 0. The highest BCUT2D eigenvalue weighted by Crippen LogP contribution is 2.28. The summed E-state index contributed by atoms with van der Waals surface area (Å²) in [6.45, 7) is 2.54. The Morgan fingerprint density at radius 1 is 0.962 bits per heavy atom. The van der Waals surface area contributed by atoms with Gasteiger partial charge in [0.2, 0.25) is 5.82 Å². The van der Waals surface area contributed by atoms with Crippen LogP contribution in [-0.4, -0.2) is 16.6 Å². The third-order valence-electron chi connectivity index (χ3n) is 4.07. The molecule has 0 unspecified atom stereocenters. The number of nitriles is 1. The molecule has 2 aromatic rings. The van der Waals surface area contributed by atoms with Crippen molar-refractivity contribution in [1.82, 2.24) is 9.97 Å². The molecule has 0 amide bonds. The maximum Gasteiger partial charge on any atom is 0.201 e. The average Bonchev–Trinajstić information content (AvgIpc) is 2.67. The van der Waals surface area contributed by atoms with Crippen molar-refractivity contribution in [2.24, 2.45) is 0 Å². The molecule has 26 heavy (non-hydrogen) atoms. The van der Waals surface area contributed by atoms with E-state index < -0.39 is 11.6 Å². The van der Waals surface area contributed by atoms with Crippen molar-refractivity contribution in [2.45, 2.75) is 51.9 Å². The van der Waals surface area contributed by atoms with E-state index in [2.05, 4.69) is 16.9 Å². The quantitative estimate of drug-likeness (QED) is 0.531. The largest absolute Gasteiger partial charge is 0.490 e. The van der Waals surface area contributed by atoms with Gasteiger partial charge in [0.1, 0.15) is 6.07 Å². The Morgan fingerprint density at radius 2 is 1.62 bits per heavy atom. The van der Waals surface area contributed by atoms with Gasteiger partial charge in [-0.3, -0.25) is 0 Å². The summed E-state index contributed by atoms with van der Waals surface area (Å²) in [5, 5.41) is 8.73. The van der Waals surface area contributed by atoms with Crippen LogP contribution in [0.4, 0.5) is 8.78 Å². The number of hydrogen-bond donors (Lipinski definition) is 0. The number of halogens is 2. The van der Waals surface area contributed by atoms with Crippen molar-refractivity contribution >= 4 is 0 Å². The highest BCUT2D eigenvalue weighted by molar-refractivity contribution is 5.58. The zero-order chi connectivity index (χ0) is 18.8. The fourth-order valence-corrected chi connectivity index (χ4v) is 2.58. The number of aromatic nitrogens is 2. The molecule has 4 nitrogen and oxygen atoms in total. The van der Waals surface area contributed by atoms with Crippen LogP contribution >= 0.6 is 0 Å². The molecule has 0 radical (unpaired) electrons. The van der Waals surface area contributed by atoms with Crippen molar-refractivity contribution in [1.29, 1.82) is 5.26 Å². The van der Waals surface area contributed by atoms with Crippen LogP contribution in [0.15, 0.2) is 24.5 Å². The zero-order valence-electron chi connectivity index (χ0n) is 15.0. The minimum absolute atomic E-state index is 0.0269. The molecule has 0 fully saturated rings. The van der Waals surface area contributed by atoms with Crippen LogP contribution in [0.1, 0.15) is 57.4 Å². The summed E-state index contributed by atoms with van der Waals surface area (Å²) in [5.74, 6) is -2.17. The van der Waals surface area contributed by atoms with Gasteiger partial charge in [0, 0.05) is 12.4 Å². The number of hydrogen-bond acceptors (Lipinski definition) is 4. The first-order chi connectivity index (χ1) is 12.7. The molecule has 1 aromatic heterocycles. The van der Waals surface area contributed by atoms with Gasteiger partial charge in [-0.1, -0.05) is 45.4 Å². The van der Waals surface area contributed by atoms with Gasteiger partial charge in [0.15, 0.2) is 17.4 Å². The van der Waals surface area contributed by atoms with Crippen LogP contribution < -0.4 is 4.74 Å². The van der Waals surface area contributed by atoms with Crippen molar-refractivity contribution in [2.75, 3.05) is 6.61 Å². The summed E-state index contributed by atoms with van der Waals surface area (Å²) in [6.07, 6.45) is 10.4. The first-order valence-corrected chi connectivity index (χ1v) is 9.00. The Morgan fingerprint density at radius 3 is 2.27 bits per heavy atom. The Kier molecular flexibility index (Phi) is 7.94. The van der Waals surface area contributed by atoms with E-state index in [1.807, 2.05) is 6.07 Å². The molecule has 1 heterocycles. The Hall–Kier alpha value is -2.55. The molecule has 0 aliphatic heterocycles. The summed E-state index contributed by atoms with van der Waals surface area (Å²) in [5.41, 5.74) is 0.194. The molecule has 0 N–H and O–H groups in total. The summed E-state index contributed by atoms with van der Waals surface area (Å²) in [4.78, 5) is 7.77. The van der Waals surface area contributed by atoms with Gasteiger partial charge in [0.25, 0.3) is 0 Å². The number of unbranched alkanes of at least 4 members (excludes halogenated alkanes) is 6. The zero-order valence-corrected chi connectivity index (χ0v) is 15.0. The van der Waals surface area contributed by atoms with E-state index in [0.29, 0.717) is 6.61 Å². The second-order valence-electron chi connectivity index (χ2n) is 6.12. The van der Waals surface area contributed by atoms with Gasteiger partial charge in [0.05, 0.1) is 17.7 Å². The van der Waals surface area contributed by atoms with Crippen molar-refractivity contribution in [3.63, 3.8) is 0 Å². The maximum absolute atomic E-state index is 14.3. The predicted molar refractivity (Wildman–Crippen MR) is 95.6 cm³/mol. The number of ether oxygens (including phenoxy) is 1. The molecular weight excluding hydrogens is 336 g/mol. The lowest BCUT2D eigenvalue weighted by Crippen LogP contribution is -2.02. The molecule has 2 rings (SSSR count). The van der Waals surface area contributed by atoms with E-state index in [4.69, 9.17) is 10.00 Å². The fourth-order valence-electron chi connectivity index (χ4n) is 2.58. The molecule has 1 aromatic carbocycles. The predicted octanol–water partition coefficient (Wildman–Crippen LogP) is 5.42. The van der Waals surface area contributed by atoms with Gasteiger partial charge in [-0.15, -0.1) is 0 Å². The summed E-state index contributed by atoms with van der Waals surface area (Å²) in [6, 6.07) is 4.65. The maximum atomic E-state index is 14.3. The highest BCUT2D eigenvalue weighted by atomic mass is 19.2. The van der Waals surface area contributed by atoms with Crippen LogP contribution in [-0.2, 0) is 0 Å². The first-order valence-electron chi connectivity index (χ1n) is 9.00. The standard InChI is InChI=1S/C20H23F2N3O/c1-2-3-4-5-6-7-8-11-26-17-10-9-16(18(21)19(17)22)20-24-13-15(12-23)14-25-20/h9-10,13-14H,2-8,11H2,1H3. The normalized spacial score (nSPS) is 10.5. The lowest BCUT2D eigenvalue weighted by atomic mass is 10.1. The molecule has 0 saturated carbocycles. The average molecular weight is 359 g/mol. The van der Waals surface area contributed by atoms with E-state index in [0.717, 1.165) is 19.3 Å². The Labute approximate surface area is 152 Å². The van der Waals surface area contributed by atoms with Crippen molar-refractivity contribution < 1.29 is 13.5 Å². The third kappa shape index (κ3) is 5.48. The van der Waals surface area contributed by atoms with Crippen LogP contribution in [0, 0.1) is 23.0 Å². The Bertz CT molecular complexity index is 742. The van der Waals surface area contributed by atoms with Crippen molar-refractivity contribution in [3.05, 3.63) is 41.7 Å². The minimum atomic E-state index is -1.05. The monoisotopic (exact) mass is 359 g/mol. The first kappa shape index (κ1) is 19.8. The summed E-state index contributed by atoms with van der Waals surface area (Å²) < 4.78 is 33.9. The van der Waals surface area contributed by atoms with E-state index >= 15 is 0 Å². The fraction of sp³-hybridized carbons (Fsp3) is 0.450. The Balaban J connectivity index is 1.89. The molecule has 0 aliphatic carbocycles. The molecule has 0 aliphatic rings. The van der Waals surface area contributed by atoms with Crippen molar-refractivity contribution in [3.8, 4) is 23.2 Å². The van der Waals surface area contributed by atoms with Gasteiger partial charge in [-0.05, 0) is 18.6 Å². The lowest BCUT2D eigenvalue weighted by Gasteiger charge is -2.10. The smallest absolute Gasteiger partial charge is 0.201 e. The topological polar surface area (TPSA) is 58.8 Å². The van der Waals surface area contributed by atoms with Gasteiger partial charge in [-0.2, -0.15) is 9.65 Å². The third-order valence-corrected chi connectivity index (χ3v) is 4.07. The minimum Gasteiger partial charge on any atom is -0.490 e. The van der Waals surface area contributed by atoms with Gasteiger partial charge in [-0.25, -0.2) is 14.4 Å². The molecule has 0 atom stereocenters. The highest BCUT2D eigenvalue weighted by Gasteiger charge is 2.17. The summed E-state index contributed by atoms with van der Waals surface area (Å²) >= 11 is 0. The van der Waals surface area contributed by atoms with Crippen LogP contribution in [0.3, 0.4) is 0 Å². The lowest BCUT2D eigenvalue weighted by molar-refractivity contribution is 0.285. The molecular formula is C20H23F2N3O. The number of rotatable bonds is 10. The van der Waals surface area contributed by atoms with E-state index in [1.165, 1.54) is 50.2 Å². The molecule has 0 saturated heterocycles. The van der Waals surface area contributed by atoms with E-state index in [9.17, 15) is 8.78 Å². The van der Waals surface area contributed by atoms with E-state index in [-0.39, 0.29) is 22.7 Å². The van der Waals surface area contributed by atoms with Crippen LogP contribution in [0.25, 0.3) is 11.4 Å². The van der Waals surface area contributed by atoms with Crippen LogP contribution in [0.2, 0.25) is 0 Å².